The number of ether oxygens (including phenoxy) is 2. The molecule has 2 fully saturated rings. The number of aliphatic hydroxyl groups is 1. The summed E-state index contributed by atoms with van der Waals surface area (Å²) < 4.78 is 11.1. The largest absolute Gasteiger partial charge is 0.396 e. The van der Waals surface area contributed by atoms with Crippen LogP contribution in [0.25, 0.3) is 0 Å². The molecule has 0 radical (unpaired) electrons. The van der Waals surface area contributed by atoms with Gasteiger partial charge in [-0.15, -0.1) is 0 Å². The first-order valence-corrected chi connectivity index (χ1v) is 5.58. The standard InChI is InChI=1S/C11H20O3/c1-7-5-13-9(3-4-12)8(2)11(7)10-6-14-10/h7-12H,3-6H2,1-2H3/t7-,8+,9?,10?,11?/m0/s1. The maximum Gasteiger partial charge on any atom is 0.0844 e. The molecule has 14 heavy (non-hydrogen) atoms. The summed E-state index contributed by atoms with van der Waals surface area (Å²) in [6, 6.07) is 0. The minimum Gasteiger partial charge on any atom is -0.396 e. The van der Waals surface area contributed by atoms with Gasteiger partial charge in [0.15, 0.2) is 0 Å². The molecule has 0 aromatic rings. The summed E-state index contributed by atoms with van der Waals surface area (Å²) in [7, 11) is 0. The fraction of sp³-hybridized carbons (Fsp3) is 1.00. The van der Waals surface area contributed by atoms with Gasteiger partial charge < -0.3 is 14.6 Å². The Balaban J connectivity index is 1.97. The first-order valence-electron chi connectivity index (χ1n) is 5.58. The van der Waals surface area contributed by atoms with Gasteiger partial charge in [0.05, 0.1) is 18.8 Å². The second-order valence-electron chi connectivity index (χ2n) is 4.67. The third-order valence-electron chi connectivity index (χ3n) is 3.63. The van der Waals surface area contributed by atoms with E-state index in [0.29, 0.717) is 23.9 Å². The number of rotatable bonds is 3. The van der Waals surface area contributed by atoms with Gasteiger partial charge >= 0.3 is 0 Å². The predicted molar refractivity (Wildman–Crippen MR) is 53.0 cm³/mol. The zero-order valence-corrected chi connectivity index (χ0v) is 8.98. The highest BCUT2D eigenvalue weighted by Gasteiger charge is 2.44. The van der Waals surface area contributed by atoms with Crippen LogP contribution in [-0.2, 0) is 9.47 Å². The third kappa shape index (κ3) is 1.95. The monoisotopic (exact) mass is 200 g/mol. The predicted octanol–water partition coefficient (Wildman–Crippen LogP) is 1.05. The molecule has 3 unspecified atom stereocenters. The van der Waals surface area contributed by atoms with Gasteiger partial charge in [0.25, 0.3) is 0 Å². The summed E-state index contributed by atoms with van der Waals surface area (Å²) in [6.07, 6.45) is 1.45. The van der Waals surface area contributed by atoms with Crippen LogP contribution in [0.5, 0.6) is 0 Å². The van der Waals surface area contributed by atoms with Crippen molar-refractivity contribution < 1.29 is 14.6 Å². The Hall–Kier alpha value is -0.120. The normalized spacial score (nSPS) is 47.8. The van der Waals surface area contributed by atoms with Crippen LogP contribution in [0.2, 0.25) is 0 Å². The van der Waals surface area contributed by atoms with E-state index in [2.05, 4.69) is 13.8 Å². The van der Waals surface area contributed by atoms with Gasteiger partial charge in [-0.3, -0.25) is 0 Å². The molecule has 0 saturated carbocycles. The zero-order chi connectivity index (χ0) is 10.1. The van der Waals surface area contributed by atoms with Gasteiger partial charge in [0.2, 0.25) is 0 Å². The van der Waals surface area contributed by atoms with E-state index < -0.39 is 0 Å². The van der Waals surface area contributed by atoms with Gasteiger partial charge in [-0.25, -0.2) is 0 Å². The molecule has 2 saturated heterocycles. The molecule has 0 spiro atoms. The minimum atomic E-state index is 0.224. The molecule has 2 heterocycles. The Morgan fingerprint density at radius 3 is 2.50 bits per heavy atom. The van der Waals surface area contributed by atoms with Crippen molar-refractivity contribution in [2.75, 3.05) is 19.8 Å². The molecule has 2 aliphatic heterocycles. The Kier molecular flexibility index (Phi) is 3.10. The first kappa shape index (κ1) is 10.4. The Morgan fingerprint density at radius 1 is 1.21 bits per heavy atom. The molecule has 1 N–H and O–H groups in total. The van der Waals surface area contributed by atoms with E-state index in [9.17, 15) is 0 Å². The fourth-order valence-electron chi connectivity index (χ4n) is 2.76. The van der Waals surface area contributed by atoms with Crippen LogP contribution in [-0.4, -0.2) is 37.1 Å². The number of aliphatic hydroxyl groups excluding tert-OH is 1. The lowest BCUT2D eigenvalue weighted by molar-refractivity contribution is -0.0946. The van der Waals surface area contributed by atoms with Gasteiger partial charge in [-0.05, 0) is 24.2 Å². The molecule has 0 aliphatic carbocycles. The summed E-state index contributed by atoms with van der Waals surface area (Å²) in [5.74, 6) is 1.73. The van der Waals surface area contributed by atoms with Gasteiger partial charge in [0.1, 0.15) is 0 Å². The van der Waals surface area contributed by atoms with Crippen LogP contribution < -0.4 is 0 Å². The van der Waals surface area contributed by atoms with E-state index >= 15 is 0 Å². The SMILES string of the molecule is C[C@@H]1C(CCO)OC[C@H](C)C1C1CO1. The van der Waals surface area contributed by atoms with E-state index in [1.54, 1.807) is 0 Å². The van der Waals surface area contributed by atoms with Crippen LogP contribution in [0.4, 0.5) is 0 Å². The molecule has 0 amide bonds. The number of hydrogen-bond acceptors (Lipinski definition) is 3. The van der Waals surface area contributed by atoms with E-state index in [4.69, 9.17) is 14.6 Å². The van der Waals surface area contributed by atoms with Crippen molar-refractivity contribution in [3.05, 3.63) is 0 Å². The van der Waals surface area contributed by atoms with E-state index in [1.807, 2.05) is 0 Å². The van der Waals surface area contributed by atoms with Crippen molar-refractivity contribution in [2.45, 2.75) is 32.5 Å². The highest BCUT2D eigenvalue weighted by Crippen LogP contribution is 2.39. The molecule has 0 aromatic carbocycles. The molecular formula is C11H20O3. The second-order valence-corrected chi connectivity index (χ2v) is 4.67. The average molecular weight is 200 g/mol. The lowest BCUT2D eigenvalue weighted by Gasteiger charge is -2.39. The molecule has 0 bridgehead atoms. The third-order valence-corrected chi connectivity index (χ3v) is 3.63. The molecule has 2 aliphatic rings. The Bertz CT molecular complexity index is 191. The lowest BCUT2D eigenvalue weighted by atomic mass is 9.76. The summed E-state index contributed by atoms with van der Waals surface area (Å²) in [5.41, 5.74) is 0. The highest BCUT2D eigenvalue weighted by molar-refractivity contribution is 4.91. The van der Waals surface area contributed by atoms with Crippen molar-refractivity contribution in [2.24, 2.45) is 17.8 Å². The molecule has 82 valence electrons. The Labute approximate surface area is 85.4 Å². The average Bonchev–Trinajstić information content (AvgIpc) is 2.94. The summed E-state index contributed by atoms with van der Waals surface area (Å²) in [5, 5.41) is 8.93. The zero-order valence-electron chi connectivity index (χ0n) is 8.98. The maximum absolute atomic E-state index is 8.93. The quantitative estimate of drug-likeness (QED) is 0.692. The molecular weight excluding hydrogens is 180 g/mol. The van der Waals surface area contributed by atoms with Crippen molar-refractivity contribution in [3.63, 3.8) is 0 Å². The van der Waals surface area contributed by atoms with Crippen LogP contribution in [0, 0.1) is 17.8 Å². The number of epoxide rings is 1. The molecule has 3 heteroatoms. The summed E-state index contributed by atoms with van der Waals surface area (Å²) >= 11 is 0. The van der Waals surface area contributed by atoms with Crippen molar-refractivity contribution in [1.29, 1.82) is 0 Å². The van der Waals surface area contributed by atoms with E-state index in [1.165, 1.54) is 0 Å². The molecule has 0 aromatic heterocycles. The lowest BCUT2D eigenvalue weighted by Crippen LogP contribution is -2.42. The van der Waals surface area contributed by atoms with Crippen molar-refractivity contribution in [1.82, 2.24) is 0 Å². The van der Waals surface area contributed by atoms with Crippen LogP contribution in [0.15, 0.2) is 0 Å². The van der Waals surface area contributed by atoms with Gasteiger partial charge in [-0.1, -0.05) is 13.8 Å². The first-order chi connectivity index (χ1) is 6.74. The molecule has 3 nitrogen and oxygen atoms in total. The molecule has 5 atom stereocenters. The van der Waals surface area contributed by atoms with Gasteiger partial charge in [0, 0.05) is 13.2 Å². The maximum atomic E-state index is 8.93. The second kappa shape index (κ2) is 4.17. The number of hydrogen-bond donors (Lipinski definition) is 1. The minimum absolute atomic E-state index is 0.224. The summed E-state index contributed by atoms with van der Waals surface area (Å²) in [6.45, 7) is 6.42. The smallest absolute Gasteiger partial charge is 0.0844 e. The van der Waals surface area contributed by atoms with E-state index in [-0.39, 0.29) is 12.7 Å². The highest BCUT2D eigenvalue weighted by atomic mass is 16.6. The fourth-order valence-corrected chi connectivity index (χ4v) is 2.76. The molecule has 2 rings (SSSR count). The van der Waals surface area contributed by atoms with E-state index in [0.717, 1.165) is 19.6 Å². The summed E-state index contributed by atoms with van der Waals surface area (Å²) in [4.78, 5) is 0. The van der Waals surface area contributed by atoms with Crippen LogP contribution in [0.1, 0.15) is 20.3 Å². The Morgan fingerprint density at radius 2 is 1.93 bits per heavy atom. The van der Waals surface area contributed by atoms with Crippen molar-refractivity contribution in [3.8, 4) is 0 Å². The van der Waals surface area contributed by atoms with Crippen LogP contribution >= 0.6 is 0 Å². The topological polar surface area (TPSA) is 42.0 Å². The van der Waals surface area contributed by atoms with Crippen LogP contribution in [0.3, 0.4) is 0 Å². The van der Waals surface area contributed by atoms with Crippen molar-refractivity contribution >= 4 is 0 Å². The van der Waals surface area contributed by atoms with Gasteiger partial charge in [-0.2, -0.15) is 0 Å².